The lowest BCUT2D eigenvalue weighted by Gasteiger charge is -2.14. The minimum atomic E-state index is 0.122. The number of ether oxygens (including phenoxy) is 2. The largest absolute Gasteiger partial charge is 0.457 e. The first-order chi connectivity index (χ1) is 21.3. The van der Waals surface area contributed by atoms with E-state index in [2.05, 4.69) is 106 Å². The fraction of sp³-hybridized carbons (Fsp3) is 0.0263. The zero-order valence-electron chi connectivity index (χ0n) is 23.0. The molecule has 0 N–H and O–H groups in total. The van der Waals surface area contributed by atoms with Crippen LogP contribution in [0.4, 0.5) is 0 Å². The molecule has 0 spiro atoms. The molecule has 0 radical (unpaired) electrons. The second-order valence-corrected chi connectivity index (χ2v) is 10.8. The molecule has 3 heterocycles. The molecule has 9 rings (SSSR count). The Labute approximate surface area is 247 Å². The van der Waals surface area contributed by atoms with Crippen molar-refractivity contribution in [2.75, 3.05) is 6.79 Å². The number of rotatable bonds is 2. The van der Waals surface area contributed by atoms with Gasteiger partial charge in [0.1, 0.15) is 11.5 Å². The number of nitrogens with zero attached hydrogens (tertiary/aromatic N) is 3. The molecule has 8 aromatic rings. The molecule has 5 heteroatoms. The lowest BCUT2D eigenvalue weighted by atomic mass is 10.0. The van der Waals surface area contributed by atoms with Crippen LogP contribution in [-0.4, -0.2) is 15.9 Å². The fourth-order valence-corrected chi connectivity index (χ4v) is 6.66. The second kappa shape index (κ2) is 9.01. The van der Waals surface area contributed by atoms with Crippen LogP contribution < -0.4 is 9.47 Å². The highest BCUT2D eigenvalue weighted by Gasteiger charge is 2.21. The van der Waals surface area contributed by atoms with E-state index in [9.17, 15) is 5.26 Å². The van der Waals surface area contributed by atoms with Crippen molar-refractivity contribution < 1.29 is 9.47 Å². The third-order valence-corrected chi connectivity index (χ3v) is 8.55. The Kier molecular flexibility index (Phi) is 4.96. The Bertz CT molecular complexity index is 2410. The van der Waals surface area contributed by atoms with E-state index in [4.69, 9.17) is 9.47 Å². The van der Waals surface area contributed by atoms with E-state index in [1.165, 1.54) is 10.8 Å². The van der Waals surface area contributed by atoms with Crippen molar-refractivity contribution in [2.24, 2.45) is 0 Å². The molecular formula is C38H23N3O2. The van der Waals surface area contributed by atoms with Crippen LogP contribution in [0.25, 0.3) is 66.1 Å². The van der Waals surface area contributed by atoms with E-state index in [1.807, 2.05) is 36.4 Å². The summed E-state index contributed by atoms with van der Waals surface area (Å²) in [5.41, 5.74) is 9.10. The van der Waals surface area contributed by atoms with Crippen LogP contribution in [0.1, 0.15) is 5.56 Å². The summed E-state index contributed by atoms with van der Waals surface area (Å²) in [4.78, 5) is 0. The highest BCUT2D eigenvalue weighted by atomic mass is 16.7. The summed E-state index contributed by atoms with van der Waals surface area (Å²) in [6, 6.07) is 46.2. The molecule has 1 aliphatic heterocycles. The molecule has 0 atom stereocenters. The van der Waals surface area contributed by atoms with Crippen molar-refractivity contribution in [3.05, 3.63) is 133 Å². The van der Waals surface area contributed by atoms with Gasteiger partial charge in [-0.15, -0.1) is 0 Å². The van der Waals surface area contributed by atoms with Gasteiger partial charge >= 0.3 is 0 Å². The topological polar surface area (TPSA) is 52.1 Å². The third-order valence-electron chi connectivity index (χ3n) is 8.55. The van der Waals surface area contributed by atoms with Crippen LogP contribution in [0.3, 0.4) is 0 Å². The van der Waals surface area contributed by atoms with E-state index in [-0.39, 0.29) is 6.79 Å². The van der Waals surface area contributed by atoms with Crippen LogP contribution in [-0.2, 0) is 0 Å². The quantitative estimate of drug-likeness (QED) is 0.214. The average molecular weight is 554 g/mol. The van der Waals surface area contributed by atoms with Gasteiger partial charge in [-0.3, -0.25) is 0 Å². The lowest BCUT2D eigenvalue weighted by molar-refractivity contribution is 0.125. The Morgan fingerprint density at radius 1 is 0.488 bits per heavy atom. The predicted molar refractivity (Wildman–Crippen MR) is 171 cm³/mol. The monoisotopic (exact) mass is 553 g/mol. The van der Waals surface area contributed by atoms with E-state index in [0.717, 1.165) is 66.8 Å². The molecule has 0 bridgehead atoms. The predicted octanol–water partition coefficient (Wildman–Crippen LogP) is 9.15. The van der Waals surface area contributed by atoms with Gasteiger partial charge in [0.25, 0.3) is 0 Å². The minimum absolute atomic E-state index is 0.122. The first kappa shape index (κ1) is 23.7. The normalized spacial score (nSPS) is 12.4. The smallest absolute Gasteiger partial charge is 0.230 e. The van der Waals surface area contributed by atoms with E-state index in [0.29, 0.717) is 5.56 Å². The number of hydrogen-bond donors (Lipinski definition) is 0. The van der Waals surface area contributed by atoms with Gasteiger partial charge in [0.2, 0.25) is 6.79 Å². The van der Waals surface area contributed by atoms with Crippen LogP contribution in [0.5, 0.6) is 11.5 Å². The lowest BCUT2D eigenvalue weighted by Crippen LogP contribution is -2.04. The van der Waals surface area contributed by atoms with E-state index < -0.39 is 0 Å². The average Bonchev–Trinajstić information content (AvgIpc) is 3.50. The van der Waals surface area contributed by atoms with Crippen molar-refractivity contribution in [3.63, 3.8) is 0 Å². The number of fused-ring (bicyclic) bond motifs is 9. The van der Waals surface area contributed by atoms with Gasteiger partial charge in [-0.05, 0) is 66.7 Å². The summed E-state index contributed by atoms with van der Waals surface area (Å²) in [5, 5.41) is 14.1. The van der Waals surface area contributed by atoms with Gasteiger partial charge in [0.15, 0.2) is 0 Å². The third kappa shape index (κ3) is 3.44. The Hall–Kier alpha value is -5.99. The molecule has 0 fully saturated rings. The molecule has 0 saturated carbocycles. The Morgan fingerprint density at radius 3 is 1.72 bits per heavy atom. The summed E-state index contributed by atoms with van der Waals surface area (Å²) in [6.45, 7) is 0.122. The van der Waals surface area contributed by atoms with Gasteiger partial charge < -0.3 is 18.6 Å². The molecule has 0 unspecified atom stereocenters. The summed E-state index contributed by atoms with van der Waals surface area (Å²) in [7, 11) is 0. The van der Waals surface area contributed by atoms with Crippen molar-refractivity contribution in [3.8, 4) is 40.1 Å². The van der Waals surface area contributed by atoms with Gasteiger partial charge in [-0.25, -0.2) is 0 Å². The molecule has 2 aromatic heterocycles. The molecule has 6 aromatic carbocycles. The highest BCUT2D eigenvalue weighted by Crippen LogP contribution is 2.43. The van der Waals surface area contributed by atoms with E-state index in [1.54, 1.807) is 0 Å². The second-order valence-electron chi connectivity index (χ2n) is 10.8. The maximum absolute atomic E-state index is 9.53. The molecule has 43 heavy (non-hydrogen) atoms. The molecule has 0 aliphatic carbocycles. The molecule has 0 amide bonds. The molecule has 0 saturated heterocycles. The maximum Gasteiger partial charge on any atom is 0.230 e. The molecule has 5 nitrogen and oxygen atoms in total. The molecular weight excluding hydrogens is 530 g/mol. The minimum Gasteiger partial charge on any atom is -0.457 e. The first-order valence-electron chi connectivity index (χ1n) is 14.2. The van der Waals surface area contributed by atoms with E-state index >= 15 is 0 Å². The first-order valence-corrected chi connectivity index (χ1v) is 14.2. The zero-order valence-corrected chi connectivity index (χ0v) is 23.0. The standard InChI is InChI=1S/C38H23N3O2/c39-22-24-13-17-36-31(19-24)29-9-3-6-12-35(29)41(36)26-14-16-30-32-20-25(15-18-37(32)42-23-43-38(30)21-26)40-33-10-4-1-7-27(33)28-8-2-5-11-34(28)40/h1-21H,23H2. The van der Waals surface area contributed by atoms with Crippen LogP contribution in [0.2, 0.25) is 0 Å². The fourth-order valence-electron chi connectivity index (χ4n) is 6.66. The summed E-state index contributed by atoms with van der Waals surface area (Å²) in [6.07, 6.45) is 0. The number of aromatic nitrogens is 2. The summed E-state index contributed by atoms with van der Waals surface area (Å²) >= 11 is 0. The molecule has 202 valence electrons. The van der Waals surface area contributed by atoms with Crippen molar-refractivity contribution in [1.82, 2.24) is 9.13 Å². The number of hydrogen-bond acceptors (Lipinski definition) is 3. The molecule has 1 aliphatic rings. The van der Waals surface area contributed by atoms with Gasteiger partial charge in [-0.1, -0.05) is 54.6 Å². The Morgan fingerprint density at radius 2 is 1.05 bits per heavy atom. The van der Waals surface area contributed by atoms with Crippen LogP contribution >= 0.6 is 0 Å². The van der Waals surface area contributed by atoms with Crippen molar-refractivity contribution in [1.29, 1.82) is 5.26 Å². The summed E-state index contributed by atoms with van der Waals surface area (Å²) in [5.74, 6) is 1.55. The zero-order chi connectivity index (χ0) is 28.5. The van der Waals surface area contributed by atoms with Crippen molar-refractivity contribution in [2.45, 2.75) is 0 Å². The Balaban J connectivity index is 1.24. The summed E-state index contributed by atoms with van der Waals surface area (Å²) < 4.78 is 16.9. The maximum atomic E-state index is 9.53. The van der Waals surface area contributed by atoms with Gasteiger partial charge in [-0.2, -0.15) is 5.26 Å². The number of para-hydroxylation sites is 3. The van der Waals surface area contributed by atoms with Crippen LogP contribution in [0.15, 0.2) is 127 Å². The number of benzene rings is 6. The van der Waals surface area contributed by atoms with Crippen molar-refractivity contribution >= 4 is 43.6 Å². The van der Waals surface area contributed by atoms with Crippen LogP contribution in [0, 0.1) is 11.3 Å². The van der Waals surface area contributed by atoms with Gasteiger partial charge in [0.05, 0.1) is 33.7 Å². The SMILES string of the molecule is N#Cc1ccc2c(c1)c1ccccc1n2-c1ccc2c(c1)OCOc1ccc(-n3c4ccccc4c4ccccc43)cc1-2. The number of nitriles is 1. The van der Waals surface area contributed by atoms with Gasteiger partial charge in [0, 0.05) is 50.1 Å². The highest BCUT2D eigenvalue weighted by molar-refractivity contribution is 6.10.